The maximum absolute atomic E-state index is 12.7. The van der Waals surface area contributed by atoms with Crippen molar-refractivity contribution in [2.45, 2.75) is 19.4 Å². The van der Waals surface area contributed by atoms with Gasteiger partial charge in [0.1, 0.15) is 0 Å². The summed E-state index contributed by atoms with van der Waals surface area (Å²) in [5.74, 6) is 0.883. The van der Waals surface area contributed by atoms with Crippen molar-refractivity contribution in [1.82, 2.24) is 20.5 Å². The maximum atomic E-state index is 12.7. The number of hydrogen-bond donors (Lipinski definition) is 1. The lowest BCUT2D eigenvalue weighted by atomic mass is 9.97. The van der Waals surface area contributed by atoms with Crippen LogP contribution in [0.4, 0.5) is 5.82 Å². The van der Waals surface area contributed by atoms with Crippen LogP contribution in [0.2, 0.25) is 0 Å². The number of nitrogens with one attached hydrogen (secondary N) is 1. The van der Waals surface area contributed by atoms with Crippen LogP contribution in [0.5, 0.6) is 0 Å². The Morgan fingerprint density at radius 2 is 2.00 bits per heavy atom. The zero-order chi connectivity index (χ0) is 20.1. The number of nitrogens with zero attached hydrogens (tertiary/aromatic N) is 4. The van der Waals surface area contributed by atoms with Crippen molar-refractivity contribution in [1.29, 1.82) is 0 Å². The third kappa shape index (κ3) is 5.09. The zero-order valence-corrected chi connectivity index (χ0v) is 18.1. The normalized spacial score (nSPS) is 16.4. The molecule has 1 N–H and O–H groups in total. The number of anilines is 1. The van der Waals surface area contributed by atoms with E-state index in [-0.39, 0.29) is 11.8 Å². The summed E-state index contributed by atoms with van der Waals surface area (Å²) in [7, 11) is 0. The second-order valence-electron chi connectivity index (χ2n) is 7.15. The van der Waals surface area contributed by atoms with Gasteiger partial charge in [0.2, 0.25) is 5.91 Å². The first-order chi connectivity index (χ1) is 14.2. The summed E-state index contributed by atoms with van der Waals surface area (Å²) in [6.45, 7) is 2.12. The van der Waals surface area contributed by atoms with Crippen LogP contribution < -0.4 is 10.2 Å². The smallest absolute Gasteiger partial charge is 0.225 e. The van der Waals surface area contributed by atoms with Gasteiger partial charge < -0.3 is 10.2 Å². The minimum absolute atomic E-state index is 0.0348. The lowest BCUT2D eigenvalue weighted by molar-refractivity contribution is -0.125. The van der Waals surface area contributed by atoms with Crippen LogP contribution in [0.15, 0.2) is 60.9 Å². The average Bonchev–Trinajstić information content (AvgIpc) is 2.79. The minimum atomic E-state index is -0.0348. The number of carbonyl (C=O) groups is 1. The van der Waals surface area contributed by atoms with Gasteiger partial charge in [-0.25, -0.2) is 0 Å². The largest absolute Gasteiger partial charge is 0.354 e. The third-order valence-electron chi connectivity index (χ3n) is 5.10. The molecule has 1 fully saturated rings. The molecule has 29 heavy (non-hydrogen) atoms. The first kappa shape index (κ1) is 19.8. The highest BCUT2D eigenvalue weighted by molar-refractivity contribution is 14.1. The highest BCUT2D eigenvalue weighted by atomic mass is 127. The summed E-state index contributed by atoms with van der Waals surface area (Å²) in [6, 6.07) is 16.0. The standard InChI is InChI=1S/C22H22IN5O/c23-19-7-5-16(6-8-19)13-25-22(29)18-4-2-12-28(15-18)21-10-9-20(26-27-21)17-3-1-11-24-14-17/h1,3,5-11,14,18H,2,4,12-13,15H2,(H,25,29). The van der Waals surface area contributed by atoms with E-state index in [0.29, 0.717) is 13.1 Å². The molecule has 0 spiro atoms. The van der Waals surface area contributed by atoms with Gasteiger partial charge in [0.15, 0.2) is 5.82 Å². The highest BCUT2D eigenvalue weighted by Gasteiger charge is 2.26. The van der Waals surface area contributed by atoms with Gasteiger partial charge in [-0.2, -0.15) is 0 Å². The van der Waals surface area contributed by atoms with E-state index in [0.717, 1.165) is 42.0 Å². The highest BCUT2D eigenvalue weighted by Crippen LogP contribution is 2.23. The fourth-order valence-electron chi connectivity index (χ4n) is 3.50. The van der Waals surface area contributed by atoms with Crippen LogP contribution in [0.1, 0.15) is 18.4 Å². The van der Waals surface area contributed by atoms with Gasteiger partial charge in [0.05, 0.1) is 11.6 Å². The van der Waals surface area contributed by atoms with Gasteiger partial charge in [0.25, 0.3) is 0 Å². The second kappa shape index (κ2) is 9.30. The van der Waals surface area contributed by atoms with Crippen molar-refractivity contribution >= 4 is 34.3 Å². The molecule has 0 saturated carbocycles. The lowest BCUT2D eigenvalue weighted by Gasteiger charge is -2.32. The Labute approximate surface area is 183 Å². The Balaban J connectivity index is 1.36. The summed E-state index contributed by atoms with van der Waals surface area (Å²) in [6.07, 6.45) is 5.38. The van der Waals surface area contributed by atoms with Crippen molar-refractivity contribution in [3.05, 3.63) is 70.1 Å². The molecule has 6 nitrogen and oxygen atoms in total. The summed E-state index contributed by atoms with van der Waals surface area (Å²) < 4.78 is 1.19. The average molecular weight is 499 g/mol. The number of rotatable bonds is 5. The van der Waals surface area contributed by atoms with Crippen LogP contribution in [0.3, 0.4) is 0 Å². The van der Waals surface area contributed by atoms with E-state index in [1.807, 2.05) is 24.3 Å². The van der Waals surface area contributed by atoms with Gasteiger partial charge in [-0.15, -0.1) is 10.2 Å². The molecule has 2 aromatic heterocycles. The fourth-order valence-corrected chi connectivity index (χ4v) is 3.86. The van der Waals surface area contributed by atoms with Gasteiger partial charge in [-0.1, -0.05) is 12.1 Å². The number of amides is 1. The fraction of sp³-hybridized carbons (Fsp3) is 0.273. The van der Waals surface area contributed by atoms with Crippen molar-refractivity contribution in [2.24, 2.45) is 5.92 Å². The Hall–Kier alpha value is -2.55. The predicted octanol–water partition coefficient (Wildman–Crippen LogP) is 3.68. The van der Waals surface area contributed by atoms with Crippen LogP contribution in [0, 0.1) is 9.49 Å². The lowest BCUT2D eigenvalue weighted by Crippen LogP contribution is -2.43. The Bertz CT molecular complexity index is 947. The van der Waals surface area contributed by atoms with Gasteiger partial charge in [0, 0.05) is 41.2 Å². The van der Waals surface area contributed by atoms with Gasteiger partial charge >= 0.3 is 0 Å². The quantitative estimate of drug-likeness (QED) is 0.543. The molecule has 1 amide bonds. The molecule has 1 atom stereocenters. The molecule has 7 heteroatoms. The molecule has 1 unspecified atom stereocenters. The van der Waals surface area contributed by atoms with Gasteiger partial charge in [-0.3, -0.25) is 9.78 Å². The van der Waals surface area contributed by atoms with Crippen LogP contribution in [-0.4, -0.2) is 34.2 Å². The van der Waals surface area contributed by atoms with Crippen LogP contribution >= 0.6 is 22.6 Å². The molecule has 148 valence electrons. The van der Waals surface area contributed by atoms with E-state index in [2.05, 4.69) is 72.3 Å². The molecular weight excluding hydrogens is 477 g/mol. The van der Waals surface area contributed by atoms with Crippen molar-refractivity contribution in [3.8, 4) is 11.3 Å². The number of hydrogen-bond acceptors (Lipinski definition) is 5. The van der Waals surface area contributed by atoms with Crippen LogP contribution in [-0.2, 0) is 11.3 Å². The number of benzene rings is 1. The zero-order valence-electron chi connectivity index (χ0n) is 16.0. The molecule has 1 aromatic carbocycles. The monoisotopic (exact) mass is 499 g/mol. The van der Waals surface area contributed by atoms with E-state index in [1.165, 1.54) is 3.57 Å². The molecule has 0 bridgehead atoms. The van der Waals surface area contributed by atoms with E-state index in [4.69, 9.17) is 0 Å². The maximum Gasteiger partial charge on any atom is 0.225 e. The summed E-state index contributed by atoms with van der Waals surface area (Å²) >= 11 is 2.28. The molecule has 1 saturated heterocycles. The number of pyridine rings is 1. The first-order valence-corrected chi connectivity index (χ1v) is 10.8. The number of carbonyl (C=O) groups excluding carboxylic acids is 1. The number of aromatic nitrogens is 3. The molecule has 4 rings (SSSR count). The van der Waals surface area contributed by atoms with E-state index in [1.54, 1.807) is 12.4 Å². The Morgan fingerprint density at radius 3 is 2.72 bits per heavy atom. The van der Waals surface area contributed by atoms with E-state index in [9.17, 15) is 4.79 Å². The van der Waals surface area contributed by atoms with Crippen molar-refractivity contribution in [3.63, 3.8) is 0 Å². The van der Waals surface area contributed by atoms with Crippen molar-refractivity contribution in [2.75, 3.05) is 18.0 Å². The predicted molar refractivity (Wildman–Crippen MR) is 121 cm³/mol. The molecule has 3 aromatic rings. The molecule has 0 radical (unpaired) electrons. The van der Waals surface area contributed by atoms with Crippen LogP contribution in [0.25, 0.3) is 11.3 Å². The van der Waals surface area contributed by atoms with Gasteiger partial charge in [-0.05, 0) is 77.4 Å². The molecular formula is C22H22IN5O. The summed E-state index contributed by atoms with van der Waals surface area (Å²) in [5, 5.41) is 11.8. The first-order valence-electron chi connectivity index (χ1n) is 9.70. The Morgan fingerprint density at radius 1 is 1.14 bits per heavy atom. The summed E-state index contributed by atoms with van der Waals surface area (Å²) in [4.78, 5) is 18.9. The molecule has 0 aliphatic carbocycles. The Kier molecular flexibility index (Phi) is 6.33. The topological polar surface area (TPSA) is 71.0 Å². The molecule has 1 aliphatic rings. The molecule has 3 heterocycles. The molecule has 1 aliphatic heterocycles. The summed E-state index contributed by atoms with van der Waals surface area (Å²) in [5.41, 5.74) is 2.85. The third-order valence-corrected chi connectivity index (χ3v) is 5.82. The number of piperidine rings is 1. The second-order valence-corrected chi connectivity index (χ2v) is 8.39. The van der Waals surface area contributed by atoms with E-state index < -0.39 is 0 Å². The number of halogens is 1. The SMILES string of the molecule is O=C(NCc1ccc(I)cc1)C1CCCN(c2ccc(-c3cccnc3)nn2)C1. The minimum Gasteiger partial charge on any atom is -0.354 e. The van der Waals surface area contributed by atoms with Crippen molar-refractivity contribution < 1.29 is 4.79 Å². The van der Waals surface area contributed by atoms with E-state index >= 15 is 0 Å².